The number of nitrogens with one attached hydrogen (secondary N) is 1. The van der Waals surface area contributed by atoms with Crippen molar-refractivity contribution in [3.63, 3.8) is 0 Å². The summed E-state index contributed by atoms with van der Waals surface area (Å²) in [6, 6.07) is 13.4. The first-order valence-electron chi connectivity index (χ1n) is 12.3. The van der Waals surface area contributed by atoms with Crippen LogP contribution in [-0.4, -0.2) is 67.1 Å². The first-order valence-corrected chi connectivity index (χ1v) is 13.7. The van der Waals surface area contributed by atoms with Crippen molar-refractivity contribution in [2.45, 2.75) is 38.1 Å². The molecule has 11 nitrogen and oxygen atoms in total. The van der Waals surface area contributed by atoms with Gasteiger partial charge in [-0.25, -0.2) is 32.3 Å². The van der Waals surface area contributed by atoms with Crippen molar-refractivity contribution in [3.8, 4) is 5.75 Å². The van der Waals surface area contributed by atoms with Gasteiger partial charge in [-0.1, -0.05) is 43.7 Å². The topological polar surface area (TPSA) is 142 Å². The molecule has 208 valence electrons. The standard InChI is InChI=1S/C27H33N5O6S/c1-18(2)16-32(39(36,37)22-12-6-19(3)7-13-22)25-15-24(28-17-29-25)30-23(26(33)34)14-20-8-10-21(11-9-20)38-27(35)31(4)5/h6-13,15,17-18,23H,14,16H2,1-5H3,(H,33,34)(H,28,29,30)/t23-/m0/s1. The molecule has 0 radical (unpaired) electrons. The number of ether oxygens (including phenoxy) is 1. The highest BCUT2D eigenvalue weighted by atomic mass is 32.2. The number of nitrogens with zero attached hydrogens (tertiary/aromatic N) is 4. The Bertz CT molecular complexity index is 1390. The highest BCUT2D eigenvalue weighted by Crippen LogP contribution is 2.25. The third-order valence-corrected chi connectivity index (χ3v) is 7.39. The van der Waals surface area contributed by atoms with Crippen LogP contribution in [-0.2, 0) is 21.2 Å². The minimum absolute atomic E-state index is 0.0108. The van der Waals surface area contributed by atoms with Gasteiger partial charge in [-0.2, -0.15) is 0 Å². The van der Waals surface area contributed by atoms with Crippen LogP contribution >= 0.6 is 0 Å². The van der Waals surface area contributed by atoms with Gasteiger partial charge in [0.05, 0.1) is 4.90 Å². The summed E-state index contributed by atoms with van der Waals surface area (Å²) in [5.74, 6) is -0.513. The molecule has 0 aliphatic heterocycles. The highest BCUT2D eigenvalue weighted by molar-refractivity contribution is 7.92. The average Bonchev–Trinajstić information content (AvgIpc) is 2.88. The minimum Gasteiger partial charge on any atom is -0.480 e. The molecule has 12 heteroatoms. The highest BCUT2D eigenvalue weighted by Gasteiger charge is 2.28. The van der Waals surface area contributed by atoms with Crippen molar-refractivity contribution in [3.05, 3.63) is 72.1 Å². The summed E-state index contributed by atoms with van der Waals surface area (Å²) in [6.07, 6.45) is 0.763. The van der Waals surface area contributed by atoms with Crippen LogP contribution in [0.15, 0.2) is 65.8 Å². The first-order chi connectivity index (χ1) is 18.4. The molecule has 1 aromatic heterocycles. The fourth-order valence-corrected chi connectivity index (χ4v) is 5.12. The predicted molar refractivity (Wildman–Crippen MR) is 147 cm³/mol. The summed E-state index contributed by atoms with van der Waals surface area (Å²) in [5, 5.41) is 12.7. The van der Waals surface area contributed by atoms with Crippen molar-refractivity contribution in [2.24, 2.45) is 5.92 Å². The lowest BCUT2D eigenvalue weighted by molar-refractivity contribution is -0.137. The van der Waals surface area contributed by atoms with E-state index in [4.69, 9.17) is 4.74 Å². The van der Waals surface area contributed by atoms with Crippen LogP contribution in [0, 0.1) is 12.8 Å². The molecule has 0 aliphatic carbocycles. The van der Waals surface area contributed by atoms with E-state index in [9.17, 15) is 23.1 Å². The van der Waals surface area contributed by atoms with Crippen molar-refractivity contribution in [2.75, 3.05) is 30.3 Å². The van der Waals surface area contributed by atoms with E-state index in [1.165, 1.54) is 21.6 Å². The Morgan fingerprint density at radius 3 is 2.23 bits per heavy atom. The average molecular weight is 556 g/mol. The van der Waals surface area contributed by atoms with Gasteiger partial charge in [0.15, 0.2) is 0 Å². The first kappa shape index (κ1) is 29.4. The van der Waals surface area contributed by atoms with E-state index in [0.29, 0.717) is 11.3 Å². The molecular weight excluding hydrogens is 522 g/mol. The van der Waals surface area contributed by atoms with E-state index >= 15 is 0 Å². The normalized spacial score (nSPS) is 12.1. The van der Waals surface area contributed by atoms with E-state index in [1.54, 1.807) is 62.6 Å². The number of carboxylic acid groups (broad SMARTS) is 1. The molecule has 0 saturated heterocycles. The van der Waals surface area contributed by atoms with Gasteiger partial charge >= 0.3 is 12.1 Å². The Labute approximate surface area is 228 Å². The van der Waals surface area contributed by atoms with Gasteiger partial charge in [0, 0.05) is 33.1 Å². The monoisotopic (exact) mass is 555 g/mol. The maximum absolute atomic E-state index is 13.5. The summed E-state index contributed by atoms with van der Waals surface area (Å²) in [7, 11) is -0.799. The van der Waals surface area contributed by atoms with Gasteiger partial charge in [0.25, 0.3) is 10.0 Å². The van der Waals surface area contributed by atoms with Crippen molar-refractivity contribution in [1.29, 1.82) is 0 Å². The molecule has 0 saturated carbocycles. The summed E-state index contributed by atoms with van der Waals surface area (Å²) in [4.78, 5) is 33.5. The van der Waals surface area contributed by atoms with Crippen LogP contribution in [0.5, 0.6) is 5.75 Å². The maximum atomic E-state index is 13.5. The molecule has 2 N–H and O–H groups in total. The Balaban J connectivity index is 1.83. The van der Waals surface area contributed by atoms with Gasteiger partial charge < -0.3 is 20.1 Å². The van der Waals surface area contributed by atoms with Gasteiger partial charge in [0.2, 0.25) is 0 Å². The molecule has 0 fully saturated rings. The zero-order valence-corrected chi connectivity index (χ0v) is 23.3. The second-order valence-electron chi connectivity index (χ2n) is 9.65. The number of carboxylic acids is 1. The Hall–Kier alpha value is -4.19. The van der Waals surface area contributed by atoms with Crippen molar-refractivity contribution in [1.82, 2.24) is 14.9 Å². The van der Waals surface area contributed by atoms with Crippen LogP contribution in [0.1, 0.15) is 25.0 Å². The Morgan fingerprint density at radius 1 is 1.03 bits per heavy atom. The summed E-state index contributed by atoms with van der Waals surface area (Å²) < 4.78 is 33.4. The molecule has 3 aromatic rings. The number of aliphatic carboxylic acids is 1. The third-order valence-electron chi connectivity index (χ3n) is 5.60. The van der Waals surface area contributed by atoms with Gasteiger partial charge in [-0.15, -0.1) is 0 Å². The van der Waals surface area contributed by atoms with E-state index in [-0.39, 0.29) is 35.4 Å². The molecule has 0 unspecified atom stereocenters. The molecule has 39 heavy (non-hydrogen) atoms. The lowest BCUT2D eigenvalue weighted by Crippen LogP contribution is -2.35. The van der Waals surface area contributed by atoms with Crippen LogP contribution in [0.4, 0.5) is 16.4 Å². The fourth-order valence-electron chi connectivity index (χ4n) is 3.55. The van der Waals surface area contributed by atoms with Crippen molar-refractivity contribution < 1.29 is 27.9 Å². The molecule has 2 aromatic carbocycles. The summed E-state index contributed by atoms with van der Waals surface area (Å²) in [6.45, 7) is 5.83. The second-order valence-corrected chi connectivity index (χ2v) is 11.5. The lowest BCUT2D eigenvalue weighted by atomic mass is 10.1. The van der Waals surface area contributed by atoms with Crippen LogP contribution in [0.3, 0.4) is 0 Å². The number of carbonyl (C=O) groups is 2. The van der Waals surface area contributed by atoms with Crippen LogP contribution in [0.25, 0.3) is 0 Å². The van der Waals surface area contributed by atoms with E-state index in [2.05, 4.69) is 15.3 Å². The molecule has 0 spiro atoms. The van der Waals surface area contributed by atoms with E-state index < -0.39 is 28.1 Å². The molecular formula is C27H33N5O6S. The molecule has 1 amide bonds. The van der Waals surface area contributed by atoms with Crippen LogP contribution in [0.2, 0.25) is 0 Å². The maximum Gasteiger partial charge on any atom is 0.414 e. The van der Waals surface area contributed by atoms with Gasteiger partial charge in [0.1, 0.15) is 29.8 Å². The largest absolute Gasteiger partial charge is 0.480 e. The smallest absolute Gasteiger partial charge is 0.414 e. The lowest BCUT2D eigenvalue weighted by Gasteiger charge is -2.25. The number of aryl methyl sites for hydroxylation is 1. The summed E-state index contributed by atoms with van der Waals surface area (Å²) in [5.41, 5.74) is 1.61. The van der Waals surface area contributed by atoms with E-state index in [1.807, 2.05) is 20.8 Å². The predicted octanol–water partition coefficient (Wildman–Crippen LogP) is 3.80. The number of hydrogen-bond donors (Lipinski definition) is 2. The van der Waals surface area contributed by atoms with Crippen molar-refractivity contribution >= 4 is 33.7 Å². The zero-order valence-electron chi connectivity index (χ0n) is 22.5. The zero-order chi connectivity index (χ0) is 28.7. The number of sulfonamides is 1. The number of benzene rings is 2. The molecule has 0 aliphatic rings. The third kappa shape index (κ3) is 7.90. The van der Waals surface area contributed by atoms with Gasteiger partial charge in [-0.3, -0.25) is 0 Å². The Kier molecular flexibility index (Phi) is 9.47. The molecule has 3 rings (SSSR count). The molecule has 0 bridgehead atoms. The number of hydrogen-bond acceptors (Lipinski definition) is 8. The number of aromatic nitrogens is 2. The molecule has 1 heterocycles. The number of anilines is 2. The number of carbonyl (C=O) groups excluding carboxylic acids is 1. The summed E-state index contributed by atoms with van der Waals surface area (Å²) >= 11 is 0. The quantitative estimate of drug-likeness (QED) is 0.361. The van der Waals surface area contributed by atoms with Gasteiger partial charge in [-0.05, 0) is 42.7 Å². The number of rotatable bonds is 11. The SMILES string of the molecule is Cc1ccc(S(=O)(=O)N(CC(C)C)c2cc(N[C@@H](Cc3ccc(OC(=O)N(C)C)cc3)C(=O)O)ncn2)cc1. The van der Waals surface area contributed by atoms with Crippen LogP contribution < -0.4 is 14.4 Å². The fraction of sp³-hybridized carbons (Fsp3) is 0.333. The van der Waals surface area contributed by atoms with E-state index in [0.717, 1.165) is 5.56 Å². The number of amides is 1. The Morgan fingerprint density at radius 2 is 1.67 bits per heavy atom. The minimum atomic E-state index is -3.93. The molecule has 1 atom stereocenters. The second kappa shape index (κ2) is 12.6.